The number of pyridine rings is 1. The third kappa shape index (κ3) is 5.52. The summed E-state index contributed by atoms with van der Waals surface area (Å²) in [4.78, 5) is 21.0. The Labute approximate surface area is 202 Å². The SMILES string of the molecule is O=C(c1cccc(Oc2ccc(F)cc2)c1)N1CCN(c2ccc(Nc3ccncc3)nn2)CC1. The molecule has 0 unspecified atom stereocenters. The van der Waals surface area contributed by atoms with Crippen LogP contribution in [-0.2, 0) is 0 Å². The molecule has 1 saturated heterocycles. The summed E-state index contributed by atoms with van der Waals surface area (Å²) in [5.41, 5.74) is 1.44. The lowest BCUT2D eigenvalue weighted by molar-refractivity contribution is 0.0746. The molecule has 1 N–H and O–H groups in total. The van der Waals surface area contributed by atoms with Crippen LogP contribution in [0.1, 0.15) is 10.4 Å². The van der Waals surface area contributed by atoms with Crippen LogP contribution in [0.25, 0.3) is 0 Å². The number of nitrogens with zero attached hydrogens (tertiary/aromatic N) is 5. The van der Waals surface area contributed by atoms with Gasteiger partial charge in [-0.2, -0.15) is 0 Å². The molecule has 2 aromatic carbocycles. The Bertz CT molecular complexity index is 1280. The number of anilines is 3. The van der Waals surface area contributed by atoms with Gasteiger partial charge >= 0.3 is 0 Å². The van der Waals surface area contributed by atoms with Gasteiger partial charge in [-0.1, -0.05) is 6.07 Å². The molecule has 5 rings (SSSR count). The van der Waals surface area contributed by atoms with Crippen LogP contribution in [0.3, 0.4) is 0 Å². The predicted molar refractivity (Wildman–Crippen MR) is 131 cm³/mol. The summed E-state index contributed by atoms with van der Waals surface area (Å²) in [6.07, 6.45) is 3.42. The number of ether oxygens (including phenoxy) is 1. The lowest BCUT2D eigenvalue weighted by atomic mass is 10.1. The van der Waals surface area contributed by atoms with Gasteiger partial charge in [0.2, 0.25) is 0 Å². The quantitative estimate of drug-likeness (QED) is 0.444. The standard InChI is InChI=1S/C26H23FN6O2/c27-20-4-6-22(7-5-20)35-23-3-1-2-19(18-23)26(34)33-16-14-32(15-17-33)25-9-8-24(30-31-25)29-21-10-12-28-13-11-21/h1-13,18H,14-17H2,(H,28,29,30). The molecule has 0 bridgehead atoms. The zero-order chi connectivity index (χ0) is 24.0. The summed E-state index contributed by atoms with van der Waals surface area (Å²) < 4.78 is 18.9. The van der Waals surface area contributed by atoms with Gasteiger partial charge in [0, 0.05) is 49.8 Å². The van der Waals surface area contributed by atoms with E-state index in [1.54, 1.807) is 48.8 Å². The molecule has 35 heavy (non-hydrogen) atoms. The Hall–Kier alpha value is -4.53. The van der Waals surface area contributed by atoms with Gasteiger partial charge in [-0.3, -0.25) is 9.78 Å². The van der Waals surface area contributed by atoms with E-state index in [-0.39, 0.29) is 11.7 Å². The van der Waals surface area contributed by atoms with E-state index in [0.29, 0.717) is 49.1 Å². The number of rotatable bonds is 6. The van der Waals surface area contributed by atoms with Crippen molar-refractivity contribution in [3.8, 4) is 11.5 Å². The summed E-state index contributed by atoms with van der Waals surface area (Å²) in [6, 6.07) is 20.3. The number of amides is 1. The molecule has 0 saturated carbocycles. The number of benzene rings is 2. The van der Waals surface area contributed by atoms with Crippen molar-refractivity contribution in [1.29, 1.82) is 0 Å². The van der Waals surface area contributed by atoms with E-state index in [1.165, 1.54) is 12.1 Å². The van der Waals surface area contributed by atoms with E-state index in [0.717, 1.165) is 11.5 Å². The number of carbonyl (C=O) groups excluding carboxylic acids is 1. The Morgan fingerprint density at radius 3 is 2.34 bits per heavy atom. The van der Waals surface area contributed by atoms with Crippen molar-refractivity contribution >= 4 is 23.2 Å². The minimum absolute atomic E-state index is 0.0582. The number of hydrogen-bond donors (Lipinski definition) is 1. The highest BCUT2D eigenvalue weighted by Gasteiger charge is 2.23. The van der Waals surface area contributed by atoms with E-state index in [9.17, 15) is 9.18 Å². The summed E-state index contributed by atoms with van der Waals surface area (Å²) in [7, 11) is 0. The summed E-state index contributed by atoms with van der Waals surface area (Å²) in [6.45, 7) is 2.45. The maximum absolute atomic E-state index is 13.1. The molecule has 0 spiro atoms. The molecule has 1 aliphatic rings. The number of piperazine rings is 1. The molecule has 4 aromatic rings. The smallest absolute Gasteiger partial charge is 0.254 e. The maximum Gasteiger partial charge on any atom is 0.254 e. The first kappa shape index (κ1) is 22.3. The van der Waals surface area contributed by atoms with Crippen LogP contribution in [0, 0.1) is 5.82 Å². The minimum Gasteiger partial charge on any atom is -0.457 e. The van der Waals surface area contributed by atoms with Crippen molar-refractivity contribution < 1.29 is 13.9 Å². The monoisotopic (exact) mass is 470 g/mol. The molecular weight excluding hydrogens is 447 g/mol. The van der Waals surface area contributed by atoms with E-state index in [4.69, 9.17) is 4.74 Å². The van der Waals surface area contributed by atoms with Crippen LogP contribution in [0.5, 0.6) is 11.5 Å². The van der Waals surface area contributed by atoms with Crippen molar-refractivity contribution in [1.82, 2.24) is 20.1 Å². The van der Waals surface area contributed by atoms with E-state index < -0.39 is 0 Å². The van der Waals surface area contributed by atoms with Crippen molar-refractivity contribution in [2.45, 2.75) is 0 Å². The molecule has 9 heteroatoms. The largest absolute Gasteiger partial charge is 0.457 e. The summed E-state index contributed by atoms with van der Waals surface area (Å²) in [5.74, 6) is 2.06. The molecule has 176 valence electrons. The highest BCUT2D eigenvalue weighted by atomic mass is 19.1. The highest BCUT2D eigenvalue weighted by Crippen LogP contribution is 2.24. The Balaban J connectivity index is 1.17. The molecule has 0 radical (unpaired) electrons. The van der Waals surface area contributed by atoms with Gasteiger partial charge in [0.05, 0.1) is 0 Å². The van der Waals surface area contributed by atoms with Crippen LogP contribution >= 0.6 is 0 Å². The topological polar surface area (TPSA) is 83.5 Å². The number of halogens is 1. The first-order chi connectivity index (χ1) is 17.1. The van der Waals surface area contributed by atoms with Crippen LogP contribution < -0.4 is 15.0 Å². The molecule has 0 aliphatic carbocycles. The molecular formula is C26H23FN6O2. The van der Waals surface area contributed by atoms with Crippen LogP contribution in [0.15, 0.2) is 85.2 Å². The van der Waals surface area contributed by atoms with Gasteiger partial charge in [0.15, 0.2) is 11.6 Å². The molecule has 3 heterocycles. The van der Waals surface area contributed by atoms with Crippen molar-refractivity contribution in [3.05, 3.63) is 96.6 Å². The third-order valence-electron chi connectivity index (χ3n) is 5.62. The van der Waals surface area contributed by atoms with E-state index >= 15 is 0 Å². The third-order valence-corrected chi connectivity index (χ3v) is 5.62. The van der Waals surface area contributed by atoms with Gasteiger partial charge in [0.25, 0.3) is 5.91 Å². The van der Waals surface area contributed by atoms with Crippen LogP contribution in [0.2, 0.25) is 0 Å². The fraction of sp³-hybridized carbons (Fsp3) is 0.154. The Kier molecular flexibility index (Phi) is 6.47. The summed E-state index contributed by atoms with van der Waals surface area (Å²) >= 11 is 0. The Morgan fingerprint density at radius 1 is 0.857 bits per heavy atom. The zero-order valence-electron chi connectivity index (χ0n) is 18.8. The second-order valence-electron chi connectivity index (χ2n) is 8.00. The fourth-order valence-electron chi connectivity index (χ4n) is 3.80. The van der Waals surface area contributed by atoms with Crippen LogP contribution in [0.4, 0.5) is 21.7 Å². The van der Waals surface area contributed by atoms with Crippen LogP contribution in [-0.4, -0.2) is 52.2 Å². The number of nitrogens with one attached hydrogen (secondary N) is 1. The van der Waals surface area contributed by atoms with Crippen molar-refractivity contribution in [2.75, 3.05) is 36.4 Å². The molecule has 1 aliphatic heterocycles. The Morgan fingerprint density at radius 2 is 1.63 bits per heavy atom. The van der Waals surface area contributed by atoms with E-state index in [2.05, 4.69) is 25.4 Å². The van der Waals surface area contributed by atoms with Gasteiger partial charge in [-0.25, -0.2) is 4.39 Å². The van der Waals surface area contributed by atoms with Gasteiger partial charge in [-0.05, 0) is 66.7 Å². The van der Waals surface area contributed by atoms with Gasteiger partial charge in [-0.15, -0.1) is 10.2 Å². The zero-order valence-corrected chi connectivity index (χ0v) is 18.8. The van der Waals surface area contributed by atoms with Crippen molar-refractivity contribution in [3.63, 3.8) is 0 Å². The molecule has 1 fully saturated rings. The average Bonchev–Trinajstić information content (AvgIpc) is 2.91. The maximum atomic E-state index is 13.1. The van der Waals surface area contributed by atoms with Gasteiger partial charge < -0.3 is 19.9 Å². The molecule has 0 atom stereocenters. The molecule has 8 nitrogen and oxygen atoms in total. The number of aromatic nitrogens is 3. The first-order valence-electron chi connectivity index (χ1n) is 11.2. The highest BCUT2D eigenvalue weighted by molar-refractivity contribution is 5.94. The normalized spacial score (nSPS) is 13.4. The first-order valence-corrected chi connectivity index (χ1v) is 11.2. The fourth-order valence-corrected chi connectivity index (χ4v) is 3.80. The number of hydrogen-bond acceptors (Lipinski definition) is 7. The second-order valence-corrected chi connectivity index (χ2v) is 8.00. The minimum atomic E-state index is -0.330. The molecule has 2 aromatic heterocycles. The van der Waals surface area contributed by atoms with Gasteiger partial charge in [0.1, 0.15) is 17.3 Å². The summed E-state index contributed by atoms with van der Waals surface area (Å²) in [5, 5.41) is 11.8. The molecule has 1 amide bonds. The van der Waals surface area contributed by atoms with E-state index in [1.807, 2.05) is 29.2 Å². The lowest BCUT2D eigenvalue weighted by Gasteiger charge is -2.35. The average molecular weight is 471 g/mol. The second kappa shape index (κ2) is 10.2. The predicted octanol–water partition coefficient (Wildman–Crippen LogP) is 4.51. The van der Waals surface area contributed by atoms with Crippen molar-refractivity contribution in [2.24, 2.45) is 0 Å². The number of carbonyl (C=O) groups is 1. The lowest BCUT2D eigenvalue weighted by Crippen LogP contribution is -2.49.